The summed E-state index contributed by atoms with van der Waals surface area (Å²) < 4.78 is 35.1. The molecule has 0 aliphatic heterocycles. The van der Waals surface area contributed by atoms with Crippen LogP contribution in [0.2, 0.25) is 5.02 Å². The predicted molar refractivity (Wildman–Crippen MR) is 142 cm³/mol. The number of hydrogen-bond acceptors (Lipinski definition) is 8. The summed E-state index contributed by atoms with van der Waals surface area (Å²) >= 11 is 5.96. The Kier molecular flexibility index (Phi) is 7.77. The van der Waals surface area contributed by atoms with E-state index in [9.17, 15) is 13.5 Å². The number of aromatic nitrogens is 2. The molecule has 0 atom stereocenters. The summed E-state index contributed by atoms with van der Waals surface area (Å²) in [5, 5.41) is 23.6. The van der Waals surface area contributed by atoms with Crippen molar-refractivity contribution in [2.24, 2.45) is 10.2 Å². The minimum Gasteiger partial charge on any atom is -0.497 e. The first-order valence-corrected chi connectivity index (χ1v) is 13.0. The zero-order valence-electron chi connectivity index (χ0n) is 20.1. The first kappa shape index (κ1) is 26.1. The van der Waals surface area contributed by atoms with Crippen molar-refractivity contribution in [3.63, 3.8) is 0 Å². The fourth-order valence-electron chi connectivity index (χ4n) is 3.59. The quantitative estimate of drug-likeness (QED) is 0.271. The highest BCUT2D eigenvalue weighted by molar-refractivity contribution is 7.89. The number of sulfonamides is 1. The van der Waals surface area contributed by atoms with Crippen LogP contribution in [0.3, 0.4) is 0 Å². The highest BCUT2D eigenvalue weighted by Gasteiger charge is 2.27. The van der Waals surface area contributed by atoms with E-state index in [4.69, 9.17) is 22.1 Å². The fraction of sp³-hybridized carbons (Fsp3) is 0.160. The third-order valence-corrected chi connectivity index (χ3v) is 7.75. The predicted octanol–water partition coefficient (Wildman–Crippen LogP) is 5.45. The first-order valence-electron chi connectivity index (χ1n) is 11.2. The van der Waals surface area contributed by atoms with Crippen molar-refractivity contribution >= 4 is 38.8 Å². The van der Waals surface area contributed by atoms with Crippen molar-refractivity contribution in [2.45, 2.75) is 18.4 Å². The van der Waals surface area contributed by atoms with Crippen LogP contribution in [0.4, 0.5) is 17.2 Å². The van der Waals surface area contributed by atoms with Crippen LogP contribution in [-0.4, -0.2) is 41.3 Å². The molecule has 1 heterocycles. The topological polar surface area (TPSA) is 135 Å². The minimum atomic E-state index is -4.00. The number of hydrogen-bond donors (Lipinski definition) is 2. The van der Waals surface area contributed by atoms with E-state index in [-0.39, 0.29) is 41.1 Å². The van der Waals surface area contributed by atoms with E-state index in [1.807, 2.05) is 6.07 Å². The van der Waals surface area contributed by atoms with Gasteiger partial charge in [-0.1, -0.05) is 48.9 Å². The Bertz CT molecular complexity index is 1520. The molecule has 0 fully saturated rings. The second kappa shape index (κ2) is 11.0. The van der Waals surface area contributed by atoms with Crippen LogP contribution in [-0.2, 0) is 16.6 Å². The number of nitrogen functional groups attached to an aromatic ring is 1. The maximum Gasteiger partial charge on any atom is 0.245 e. The molecule has 3 aromatic carbocycles. The second-order valence-electron chi connectivity index (χ2n) is 7.90. The van der Waals surface area contributed by atoms with Gasteiger partial charge in [0.2, 0.25) is 15.9 Å². The van der Waals surface area contributed by atoms with Crippen LogP contribution in [0.25, 0.3) is 5.69 Å². The molecule has 37 heavy (non-hydrogen) atoms. The van der Waals surface area contributed by atoms with Crippen LogP contribution in [0.1, 0.15) is 12.5 Å². The Labute approximate surface area is 219 Å². The van der Waals surface area contributed by atoms with Gasteiger partial charge in [0.1, 0.15) is 16.3 Å². The Hall–Kier alpha value is -3.93. The Morgan fingerprint density at radius 3 is 2.43 bits per heavy atom. The summed E-state index contributed by atoms with van der Waals surface area (Å²) in [6.45, 7) is 2.09. The molecule has 1 aromatic heterocycles. The largest absolute Gasteiger partial charge is 0.497 e. The van der Waals surface area contributed by atoms with Crippen molar-refractivity contribution in [1.82, 2.24) is 14.1 Å². The van der Waals surface area contributed by atoms with E-state index in [1.165, 1.54) is 34.3 Å². The van der Waals surface area contributed by atoms with Gasteiger partial charge in [-0.05, 0) is 42.0 Å². The van der Waals surface area contributed by atoms with Crippen LogP contribution in [0.15, 0.2) is 87.9 Å². The van der Waals surface area contributed by atoms with Gasteiger partial charge in [0.15, 0.2) is 11.5 Å². The Morgan fingerprint density at radius 2 is 1.78 bits per heavy atom. The summed E-state index contributed by atoms with van der Waals surface area (Å²) in [6, 6.07) is 20.2. The van der Waals surface area contributed by atoms with Gasteiger partial charge in [0.25, 0.3) is 0 Å². The molecule has 12 heteroatoms. The van der Waals surface area contributed by atoms with E-state index in [2.05, 4.69) is 15.3 Å². The highest BCUT2D eigenvalue weighted by Crippen LogP contribution is 2.38. The number of para-hydroxylation sites is 1. The number of azo groups is 1. The summed E-state index contributed by atoms with van der Waals surface area (Å²) in [5.41, 5.74) is 7.25. The van der Waals surface area contributed by atoms with Crippen molar-refractivity contribution < 1.29 is 18.3 Å². The minimum absolute atomic E-state index is 0.0140. The maximum absolute atomic E-state index is 13.7. The molecular formula is C25H25ClN6O4S. The van der Waals surface area contributed by atoms with Gasteiger partial charge >= 0.3 is 0 Å². The molecule has 0 saturated heterocycles. The molecule has 0 bridgehead atoms. The lowest BCUT2D eigenvalue weighted by molar-refractivity contribution is 0.413. The zero-order valence-corrected chi connectivity index (χ0v) is 21.7. The van der Waals surface area contributed by atoms with Gasteiger partial charge in [-0.25, -0.2) is 8.42 Å². The van der Waals surface area contributed by atoms with Gasteiger partial charge in [0.05, 0.1) is 12.8 Å². The number of aromatic hydroxyl groups is 1. The summed E-state index contributed by atoms with van der Waals surface area (Å²) in [7, 11) is -2.55. The average molecular weight is 541 g/mol. The molecule has 0 spiro atoms. The number of rotatable bonds is 9. The monoisotopic (exact) mass is 540 g/mol. The molecule has 4 aromatic rings. The molecule has 0 amide bonds. The Morgan fingerprint density at radius 1 is 1.08 bits per heavy atom. The van der Waals surface area contributed by atoms with E-state index in [0.717, 1.165) is 5.56 Å². The fourth-order valence-corrected chi connectivity index (χ4v) is 5.25. The first-order chi connectivity index (χ1) is 17.7. The lowest BCUT2D eigenvalue weighted by atomic mass is 10.2. The summed E-state index contributed by atoms with van der Waals surface area (Å²) in [5.74, 6) is -0.0289. The maximum atomic E-state index is 13.7. The summed E-state index contributed by atoms with van der Waals surface area (Å²) in [6.07, 6.45) is 0. The van der Waals surface area contributed by atoms with Crippen molar-refractivity contribution in [2.75, 3.05) is 19.4 Å². The van der Waals surface area contributed by atoms with Crippen molar-refractivity contribution in [3.8, 4) is 17.3 Å². The van der Waals surface area contributed by atoms with E-state index < -0.39 is 10.0 Å². The standard InChI is InChI=1S/C25H25ClN6O4S/c1-3-31(16-17-9-11-18(26)12-10-17)37(34,35)22-14-13-20(36-2)15-21(22)28-29-23-24(27)30-32(25(23)33)19-7-5-4-6-8-19/h4-15,33H,3,16H2,1-2H3,(H2,27,30)/b29-28+. The van der Waals surface area contributed by atoms with Gasteiger partial charge in [0, 0.05) is 24.2 Å². The number of halogens is 1. The van der Waals surface area contributed by atoms with Crippen LogP contribution in [0, 0.1) is 0 Å². The number of anilines is 1. The Balaban J connectivity index is 1.72. The van der Waals surface area contributed by atoms with Crippen molar-refractivity contribution in [3.05, 3.63) is 83.4 Å². The van der Waals surface area contributed by atoms with Crippen LogP contribution >= 0.6 is 11.6 Å². The van der Waals surface area contributed by atoms with Gasteiger partial charge < -0.3 is 15.6 Å². The summed E-state index contributed by atoms with van der Waals surface area (Å²) in [4.78, 5) is -0.0821. The molecule has 4 rings (SSSR count). The lowest BCUT2D eigenvalue weighted by Crippen LogP contribution is -2.30. The van der Waals surface area contributed by atoms with E-state index in [1.54, 1.807) is 55.5 Å². The van der Waals surface area contributed by atoms with Crippen LogP contribution in [0.5, 0.6) is 11.6 Å². The molecule has 192 valence electrons. The van der Waals surface area contributed by atoms with Gasteiger partial charge in [-0.2, -0.15) is 8.99 Å². The lowest BCUT2D eigenvalue weighted by Gasteiger charge is -2.21. The molecule has 0 radical (unpaired) electrons. The molecule has 0 aliphatic carbocycles. The molecule has 3 N–H and O–H groups in total. The third kappa shape index (κ3) is 5.58. The van der Waals surface area contributed by atoms with Gasteiger partial charge in [-0.15, -0.1) is 15.3 Å². The zero-order chi connectivity index (χ0) is 26.6. The molecular weight excluding hydrogens is 516 g/mol. The number of nitrogens with two attached hydrogens (primary N) is 1. The molecule has 0 unspecified atom stereocenters. The average Bonchev–Trinajstić information content (AvgIpc) is 3.19. The highest BCUT2D eigenvalue weighted by atomic mass is 35.5. The third-order valence-electron chi connectivity index (χ3n) is 5.53. The number of ether oxygens (including phenoxy) is 1. The van der Waals surface area contributed by atoms with Gasteiger partial charge in [-0.3, -0.25) is 0 Å². The van der Waals surface area contributed by atoms with E-state index in [0.29, 0.717) is 16.5 Å². The second-order valence-corrected chi connectivity index (χ2v) is 10.2. The number of methoxy groups -OCH3 is 1. The molecule has 0 aliphatic rings. The number of benzene rings is 3. The van der Waals surface area contributed by atoms with E-state index >= 15 is 0 Å². The SMILES string of the molecule is CCN(Cc1ccc(Cl)cc1)S(=O)(=O)c1ccc(OC)cc1/N=N/c1c(N)nn(-c2ccccc2)c1O. The normalized spacial score (nSPS) is 11.9. The molecule has 10 nitrogen and oxygen atoms in total. The number of nitrogens with zero attached hydrogens (tertiary/aromatic N) is 5. The van der Waals surface area contributed by atoms with Crippen LogP contribution < -0.4 is 10.5 Å². The van der Waals surface area contributed by atoms with Crippen molar-refractivity contribution in [1.29, 1.82) is 0 Å². The smallest absolute Gasteiger partial charge is 0.245 e. The molecule has 0 saturated carbocycles.